The third-order valence-electron chi connectivity index (χ3n) is 3.80. The Morgan fingerprint density at radius 2 is 2.29 bits per heavy atom. The lowest BCUT2D eigenvalue weighted by Gasteiger charge is -2.27. The van der Waals surface area contributed by atoms with E-state index in [1.165, 1.54) is 12.8 Å². The van der Waals surface area contributed by atoms with Crippen LogP contribution in [-0.4, -0.2) is 21.9 Å². The van der Waals surface area contributed by atoms with Crippen molar-refractivity contribution in [3.63, 3.8) is 0 Å². The lowest BCUT2D eigenvalue weighted by Crippen LogP contribution is -2.39. The van der Waals surface area contributed by atoms with Crippen molar-refractivity contribution < 1.29 is 4.79 Å². The number of anilines is 1. The van der Waals surface area contributed by atoms with Crippen LogP contribution in [0.15, 0.2) is 6.20 Å². The second-order valence-corrected chi connectivity index (χ2v) is 5.24. The van der Waals surface area contributed by atoms with Crippen LogP contribution in [0.3, 0.4) is 0 Å². The number of fused-ring (bicyclic) bond motifs is 1. The summed E-state index contributed by atoms with van der Waals surface area (Å²) >= 11 is 5.82. The monoisotopic (exact) mass is 251 g/mol. The van der Waals surface area contributed by atoms with E-state index in [-0.39, 0.29) is 17.2 Å². The quantitative estimate of drug-likeness (QED) is 0.719. The van der Waals surface area contributed by atoms with Gasteiger partial charge < -0.3 is 0 Å². The van der Waals surface area contributed by atoms with E-state index in [4.69, 9.17) is 11.6 Å². The number of hydrogen-bond donors (Lipinski definition) is 0. The van der Waals surface area contributed by atoms with Crippen LogP contribution in [0.1, 0.15) is 31.7 Å². The standard InChI is InChI=1S/C12H14ClN3O/c1-7-3-2-4-9(7)16-10(17)5-8-6-14-12(13)15-11(8)16/h6-7,9H,2-5H2,1H3. The van der Waals surface area contributed by atoms with E-state index in [0.29, 0.717) is 12.3 Å². The molecule has 2 atom stereocenters. The summed E-state index contributed by atoms with van der Waals surface area (Å²) < 4.78 is 0. The van der Waals surface area contributed by atoms with Crippen LogP contribution in [0.2, 0.25) is 5.28 Å². The summed E-state index contributed by atoms with van der Waals surface area (Å²) in [5.41, 5.74) is 0.901. The maximum Gasteiger partial charge on any atom is 0.233 e. The van der Waals surface area contributed by atoms with Gasteiger partial charge in [0.15, 0.2) is 0 Å². The fourth-order valence-electron chi connectivity index (χ4n) is 2.93. The van der Waals surface area contributed by atoms with Crippen LogP contribution in [-0.2, 0) is 11.2 Å². The molecule has 2 aliphatic rings. The molecule has 0 saturated heterocycles. The van der Waals surface area contributed by atoms with E-state index in [1.54, 1.807) is 6.20 Å². The van der Waals surface area contributed by atoms with Gasteiger partial charge in [0.1, 0.15) is 5.82 Å². The molecule has 5 heteroatoms. The number of carbonyl (C=O) groups is 1. The van der Waals surface area contributed by atoms with Gasteiger partial charge in [-0.15, -0.1) is 0 Å². The van der Waals surface area contributed by atoms with Crippen LogP contribution < -0.4 is 4.90 Å². The summed E-state index contributed by atoms with van der Waals surface area (Å²) in [5.74, 6) is 1.41. The van der Waals surface area contributed by atoms with Crippen molar-refractivity contribution in [1.29, 1.82) is 0 Å². The Hall–Kier alpha value is -1.16. The van der Waals surface area contributed by atoms with Gasteiger partial charge in [0, 0.05) is 17.8 Å². The number of aromatic nitrogens is 2. The maximum absolute atomic E-state index is 12.1. The van der Waals surface area contributed by atoms with Crippen molar-refractivity contribution in [1.82, 2.24) is 9.97 Å². The summed E-state index contributed by atoms with van der Waals surface area (Å²) in [4.78, 5) is 22.1. The molecular formula is C12H14ClN3O. The van der Waals surface area contributed by atoms with Crippen LogP contribution >= 0.6 is 11.6 Å². The molecule has 1 aromatic heterocycles. The van der Waals surface area contributed by atoms with Gasteiger partial charge in [0.2, 0.25) is 11.2 Å². The predicted octanol–water partition coefficient (Wildman–Crippen LogP) is 2.21. The summed E-state index contributed by atoms with van der Waals surface area (Å²) in [7, 11) is 0. The molecule has 4 nitrogen and oxygen atoms in total. The summed E-state index contributed by atoms with van der Waals surface area (Å²) in [6.07, 6.45) is 5.51. The van der Waals surface area contributed by atoms with E-state index < -0.39 is 0 Å². The maximum atomic E-state index is 12.1. The minimum Gasteiger partial charge on any atom is -0.293 e. The average molecular weight is 252 g/mol. The first-order chi connectivity index (χ1) is 8.16. The van der Waals surface area contributed by atoms with Crippen molar-refractivity contribution in [2.24, 2.45) is 5.92 Å². The lowest BCUT2D eigenvalue weighted by molar-refractivity contribution is -0.118. The largest absolute Gasteiger partial charge is 0.293 e. The normalized spacial score (nSPS) is 27.6. The van der Waals surface area contributed by atoms with Gasteiger partial charge in [-0.3, -0.25) is 9.69 Å². The molecule has 1 aliphatic carbocycles. The van der Waals surface area contributed by atoms with E-state index in [0.717, 1.165) is 17.8 Å². The molecule has 0 radical (unpaired) electrons. The van der Waals surface area contributed by atoms with Crippen molar-refractivity contribution in [2.75, 3.05) is 4.90 Å². The Balaban J connectivity index is 2.01. The van der Waals surface area contributed by atoms with Gasteiger partial charge in [-0.25, -0.2) is 4.98 Å². The second kappa shape index (κ2) is 3.95. The number of halogens is 1. The first kappa shape index (κ1) is 11.0. The second-order valence-electron chi connectivity index (χ2n) is 4.90. The average Bonchev–Trinajstić information content (AvgIpc) is 2.81. The molecule has 1 fully saturated rings. The predicted molar refractivity (Wildman–Crippen MR) is 65.0 cm³/mol. The van der Waals surface area contributed by atoms with Gasteiger partial charge in [-0.2, -0.15) is 4.98 Å². The van der Waals surface area contributed by atoms with Gasteiger partial charge >= 0.3 is 0 Å². The van der Waals surface area contributed by atoms with E-state index >= 15 is 0 Å². The van der Waals surface area contributed by atoms with Crippen molar-refractivity contribution in [2.45, 2.75) is 38.6 Å². The molecule has 3 rings (SSSR count). The zero-order valence-corrected chi connectivity index (χ0v) is 10.4. The van der Waals surface area contributed by atoms with Crippen LogP contribution in [0, 0.1) is 5.92 Å². The molecule has 1 saturated carbocycles. The first-order valence-corrected chi connectivity index (χ1v) is 6.38. The fourth-order valence-corrected chi connectivity index (χ4v) is 3.06. The number of amides is 1. The first-order valence-electron chi connectivity index (χ1n) is 6.00. The van der Waals surface area contributed by atoms with Gasteiger partial charge in [-0.1, -0.05) is 13.3 Å². The summed E-state index contributed by atoms with van der Waals surface area (Å²) in [5, 5.41) is 0.217. The smallest absolute Gasteiger partial charge is 0.233 e. The number of nitrogens with zero attached hydrogens (tertiary/aromatic N) is 3. The zero-order valence-electron chi connectivity index (χ0n) is 9.69. The molecular weight excluding hydrogens is 238 g/mol. The van der Waals surface area contributed by atoms with Gasteiger partial charge in [0.05, 0.1) is 6.42 Å². The third kappa shape index (κ3) is 1.71. The Morgan fingerprint density at radius 1 is 1.47 bits per heavy atom. The Morgan fingerprint density at radius 3 is 3.00 bits per heavy atom. The number of rotatable bonds is 1. The highest BCUT2D eigenvalue weighted by Crippen LogP contribution is 2.37. The Bertz CT molecular complexity index is 477. The molecule has 90 valence electrons. The molecule has 1 aliphatic heterocycles. The van der Waals surface area contributed by atoms with Crippen molar-refractivity contribution in [3.8, 4) is 0 Å². The van der Waals surface area contributed by atoms with E-state index in [9.17, 15) is 4.79 Å². The van der Waals surface area contributed by atoms with Crippen LogP contribution in [0.4, 0.5) is 5.82 Å². The highest BCUT2D eigenvalue weighted by Gasteiger charge is 2.39. The van der Waals surface area contributed by atoms with Gasteiger partial charge in [0.25, 0.3) is 0 Å². The lowest BCUT2D eigenvalue weighted by atomic mass is 10.1. The highest BCUT2D eigenvalue weighted by molar-refractivity contribution is 6.28. The third-order valence-corrected chi connectivity index (χ3v) is 3.98. The molecule has 0 aromatic carbocycles. The zero-order chi connectivity index (χ0) is 12.0. The molecule has 2 unspecified atom stereocenters. The van der Waals surface area contributed by atoms with Crippen LogP contribution in [0.25, 0.3) is 0 Å². The summed E-state index contributed by atoms with van der Waals surface area (Å²) in [6.45, 7) is 2.20. The van der Waals surface area contributed by atoms with E-state index in [2.05, 4.69) is 16.9 Å². The Labute approximate surface area is 105 Å². The van der Waals surface area contributed by atoms with Crippen LogP contribution in [0.5, 0.6) is 0 Å². The molecule has 0 bridgehead atoms. The Kier molecular flexibility index (Phi) is 2.54. The molecule has 17 heavy (non-hydrogen) atoms. The molecule has 0 N–H and O–H groups in total. The fraction of sp³-hybridized carbons (Fsp3) is 0.583. The van der Waals surface area contributed by atoms with Crippen molar-refractivity contribution in [3.05, 3.63) is 17.0 Å². The molecule has 1 aromatic rings. The molecule has 1 amide bonds. The summed E-state index contributed by atoms with van der Waals surface area (Å²) in [6, 6.07) is 0.287. The minimum atomic E-state index is 0.135. The SMILES string of the molecule is CC1CCCC1N1C(=O)Cc2cnc(Cl)nc21. The van der Waals surface area contributed by atoms with Crippen molar-refractivity contribution >= 4 is 23.3 Å². The highest BCUT2D eigenvalue weighted by atomic mass is 35.5. The molecule has 0 spiro atoms. The minimum absolute atomic E-state index is 0.135. The van der Waals surface area contributed by atoms with E-state index in [1.807, 2.05) is 4.90 Å². The topological polar surface area (TPSA) is 46.1 Å². The van der Waals surface area contributed by atoms with Gasteiger partial charge in [-0.05, 0) is 30.4 Å². The molecule has 2 heterocycles. The number of hydrogen-bond acceptors (Lipinski definition) is 3. The number of carbonyl (C=O) groups excluding carboxylic acids is 1.